The maximum atomic E-state index is 11.7. The molecule has 66 valence electrons. The van der Waals surface area contributed by atoms with E-state index >= 15 is 0 Å². The molecule has 0 amide bonds. The highest BCUT2D eigenvalue weighted by molar-refractivity contribution is 6.32. The second-order valence-electron chi connectivity index (χ2n) is 2.20. The van der Waals surface area contributed by atoms with Crippen LogP contribution >= 0.6 is 11.6 Å². The van der Waals surface area contributed by atoms with Crippen LogP contribution in [0.25, 0.3) is 0 Å². The Morgan fingerprint density at radius 2 is 2.25 bits per heavy atom. The van der Waals surface area contributed by atoms with E-state index in [1.165, 1.54) is 0 Å². The lowest BCUT2D eigenvalue weighted by atomic mass is 10.3. The molecular formula is C8H9ClFNO. The maximum Gasteiger partial charge on any atom is 0.160 e. The van der Waals surface area contributed by atoms with Gasteiger partial charge in [-0.2, -0.15) is 0 Å². The van der Waals surface area contributed by atoms with Gasteiger partial charge in [0.25, 0.3) is 0 Å². The first-order chi connectivity index (χ1) is 5.75. The van der Waals surface area contributed by atoms with Gasteiger partial charge in [-0.05, 0) is 12.1 Å². The Labute approximate surface area is 75.1 Å². The monoisotopic (exact) mass is 189 g/mol. The van der Waals surface area contributed by atoms with Gasteiger partial charge in [0.15, 0.2) is 5.75 Å². The fourth-order valence-corrected chi connectivity index (χ4v) is 1.05. The Balaban J connectivity index is 2.81. The Kier molecular flexibility index (Phi) is 3.17. The van der Waals surface area contributed by atoms with Crippen molar-refractivity contribution in [1.82, 2.24) is 0 Å². The van der Waals surface area contributed by atoms with Gasteiger partial charge in [0.05, 0.1) is 10.7 Å². The van der Waals surface area contributed by atoms with Crippen molar-refractivity contribution in [2.45, 2.75) is 0 Å². The van der Waals surface area contributed by atoms with Crippen molar-refractivity contribution < 1.29 is 9.13 Å². The minimum Gasteiger partial charge on any atom is -0.487 e. The summed E-state index contributed by atoms with van der Waals surface area (Å²) in [5.74, 6) is 0.358. The summed E-state index contributed by atoms with van der Waals surface area (Å²) in [7, 11) is 0. The molecule has 1 aromatic carbocycles. The van der Waals surface area contributed by atoms with Gasteiger partial charge in [-0.1, -0.05) is 17.7 Å². The fraction of sp³-hybridized carbons (Fsp3) is 0.250. The van der Waals surface area contributed by atoms with E-state index in [-0.39, 0.29) is 6.61 Å². The van der Waals surface area contributed by atoms with Crippen LogP contribution in [0.15, 0.2) is 18.2 Å². The summed E-state index contributed by atoms with van der Waals surface area (Å²) in [6.45, 7) is -0.571. The lowest BCUT2D eigenvalue weighted by Crippen LogP contribution is -2.01. The number of hydrogen-bond acceptors (Lipinski definition) is 2. The second-order valence-corrected chi connectivity index (χ2v) is 2.60. The molecular weight excluding hydrogens is 181 g/mol. The Morgan fingerprint density at radius 1 is 1.50 bits per heavy atom. The lowest BCUT2D eigenvalue weighted by Gasteiger charge is -2.07. The molecule has 0 aliphatic rings. The number of ether oxygens (including phenoxy) is 1. The van der Waals surface area contributed by atoms with Gasteiger partial charge in [0.2, 0.25) is 0 Å². The molecule has 0 saturated carbocycles. The standard InChI is InChI=1S/C8H9ClFNO/c9-6-2-1-3-7(11)8(6)12-5-4-10/h1-3H,4-5,11H2. The first kappa shape index (κ1) is 9.13. The van der Waals surface area contributed by atoms with Gasteiger partial charge in [0.1, 0.15) is 13.3 Å². The van der Waals surface area contributed by atoms with E-state index in [0.717, 1.165) is 0 Å². The van der Waals surface area contributed by atoms with Crippen LogP contribution in [-0.2, 0) is 0 Å². The number of benzene rings is 1. The number of halogens is 2. The van der Waals surface area contributed by atoms with Crippen molar-refractivity contribution in [1.29, 1.82) is 0 Å². The largest absolute Gasteiger partial charge is 0.487 e. The molecule has 12 heavy (non-hydrogen) atoms. The molecule has 0 heterocycles. The average Bonchev–Trinajstić information content (AvgIpc) is 2.04. The fourth-order valence-electron chi connectivity index (χ4n) is 0.818. The lowest BCUT2D eigenvalue weighted by molar-refractivity contribution is 0.274. The van der Waals surface area contributed by atoms with Crippen LogP contribution in [0.3, 0.4) is 0 Å². The van der Waals surface area contributed by atoms with Crippen LogP contribution in [0.1, 0.15) is 0 Å². The predicted molar refractivity (Wildman–Crippen MR) is 47.3 cm³/mol. The van der Waals surface area contributed by atoms with E-state index in [0.29, 0.717) is 16.5 Å². The first-order valence-electron chi connectivity index (χ1n) is 3.48. The topological polar surface area (TPSA) is 35.2 Å². The summed E-state index contributed by atoms with van der Waals surface area (Å²) in [4.78, 5) is 0. The highest BCUT2D eigenvalue weighted by Gasteiger charge is 2.04. The zero-order valence-corrected chi connectivity index (χ0v) is 7.14. The minimum atomic E-state index is -0.551. The van der Waals surface area contributed by atoms with Crippen LogP contribution in [0.2, 0.25) is 5.02 Å². The molecule has 0 atom stereocenters. The third-order valence-corrected chi connectivity index (χ3v) is 1.62. The Morgan fingerprint density at radius 3 is 2.83 bits per heavy atom. The Hall–Kier alpha value is -0.960. The number of nitrogens with two attached hydrogens (primary N) is 1. The van der Waals surface area contributed by atoms with Crippen molar-refractivity contribution in [3.8, 4) is 5.75 Å². The van der Waals surface area contributed by atoms with Gasteiger partial charge < -0.3 is 10.5 Å². The van der Waals surface area contributed by atoms with E-state index in [2.05, 4.69) is 0 Å². The normalized spacial score (nSPS) is 9.83. The number of rotatable bonds is 3. The third kappa shape index (κ3) is 2.01. The molecule has 0 fully saturated rings. The summed E-state index contributed by atoms with van der Waals surface area (Å²) in [6, 6.07) is 5.00. The molecule has 0 aliphatic heterocycles. The zero-order chi connectivity index (χ0) is 8.97. The van der Waals surface area contributed by atoms with Crippen LogP contribution in [0.5, 0.6) is 5.75 Å². The number of nitrogen functional groups attached to an aromatic ring is 1. The van der Waals surface area contributed by atoms with Crippen molar-refractivity contribution in [3.05, 3.63) is 23.2 Å². The van der Waals surface area contributed by atoms with E-state index in [4.69, 9.17) is 22.1 Å². The molecule has 2 N–H and O–H groups in total. The second kappa shape index (κ2) is 4.16. The van der Waals surface area contributed by atoms with Crippen LogP contribution in [0.4, 0.5) is 10.1 Å². The van der Waals surface area contributed by atoms with Gasteiger partial charge in [-0.25, -0.2) is 4.39 Å². The summed E-state index contributed by atoms with van der Waals surface area (Å²) in [5, 5.41) is 0.406. The molecule has 1 aromatic rings. The molecule has 4 heteroatoms. The SMILES string of the molecule is Nc1cccc(Cl)c1OCCF. The summed E-state index contributed by atoms with van der Waals surface area (Å²) < 4.78 is 16.7. The third-order valence-electron chi connectivity index (χ3n) is 1.32. The van der Waals surface area contributed by atoms with Gasteiger partial charge in [-0.3, -0.25) is 0 Å². The van der Waals surface area contributed by atoms with Crippen molar-refractivity contribution in [2.75, 3.05) is 19.0 Å². The molecule has 0 saturated heterocycles. The number of hydrogen-bond donors (Lipinski definition) is 1. The van der Waals surface area contributed by atoms with E-state index in [1.807, 2.05) is 0 Å². The van der Waals surface area contributed by atoms with Crippen LogP contribution < -0.4 is 10.5 Å². The number of anilines is 1. The number of alkyl halides is 1. The molecule has 1 rings (SSSR count). The molecule has 0 bridgehead atoms. The minimum absolute atomic E-state index is 0.0199. The maximum absolute atomic E-state index is 11.7. The highest BCUT2D eigenvalue weighted by Crippen LogP contribution is 2.30. The summed E-state index contributed by atoms with van der Waals surface area (Å²) in [6.07, 6.45) is 0. The number of para-hydroxylation sites is 1. The summed E-state index contributed by atoms with van der Waals surface area (Å²) >= 11 is 5.74. The molecule has 0 spiro atoms. The summed E-state index contributed by atoms with van der Waals surface area (Å²) in [5.41, 5.74) is 5.96. The van der Waals surface area contributed by atoms with Gasteiger partial charge in [0, 0.05) is 0 Å². The van der Waals surface area contributed by atoms with Gasteiger partial charge in [-0.15, -0.1) is 0 Å². The quantitative estimate of drug-likeness (QED) is 0.741. The molecule has 0 radical (unpaired) electrons. The first-order valence-corrected chi connectivity index (χ1v) is 3.86. The van der Waals surface area contributed by atoms with Crippen LogP contribution in [0, 0.1) is 0 Å². The van der Waals surface area contributed by atoms with Crippen LogP contribution in [-0.4, -0.2) is 13.3 Å². The molecule has 2 nitrogen and oxygen atoms in total. The van der Waals surface area contributed by atoms with Crippen molar-refractivity contribution in [2.24, 2.45) is 0 Å². The molecule has 0 unspecified atom stereocenters. The average molecular weight is 190 g/mol. The van der Waals surface area contributed by atoms with Crippen molar-refractivity contribution >= 4 is 17.3 Å². The van der Waals surface area contributed by atoms with Gasteiger partial charge >= 0.3 is 0 Å². The highest BCUT2D eigenvalue weighted by atomic mass is 35.5. The smallest absolute Gasteiger partial charge is 0.160 e. The van der Waals surface area contributed by atoms with E-state index in [9.17, 15) is 4.39 Å². The van der Waals surface area contributed by atoms with E-state index < -0.39 is 6.67 Å². The van der Waals surface area contributed by atoms with E-state index in [1.54, 1.807) is 18.2 Å². The zero-order valence-electron chi connectivity index (χ0n) is 6.39. The molecule has 0 aromatic heterocycles. The Bertz CT molecular complexity index is 247. The molecule has 0 aliphatic carbocycles. The van der Waals surface area contributed by atoms with Crippen molar-refractivity contribution in [3.63, 3.8) is 0 Å². The predicted octanol–water partition coefficient (Wildman–Crippen LogP) is 2.27.